The van der Waals surface area contributed by atoms with Crippen LogP contribution in [0.3, 0.4) is 0 Å². The highest BCUT2D eigenvalue weighted by Gasteiger charge is 2.06. The summed E-state index contributed by atoms with van der Waals surface area (Å²) >= 11 is 1.76. The summed E-state index contributed by atoms with van der Waals surface area (Å²) in [7, 11) is 0. The number of rotatable bonds is 4. The third-order valence-electron chi connectivity index (χ3n) is 3.22. The van der Waals surface area contributed by atoms with Gasteiger partial charge in [0.25, 0.3) is 0 Å². The van der Waals surface area contributed by atoms with Crippen LogP contribution in [0.2, 0.25) is 0 Å². The van der Waals surface area contributed by atoms with Crippen molar-refractivity contribution in [2.45, 2.75) is 13.3 Å². The van der Waals surface area contributed by atoms with Crippen LogP contribution in [0, 0.1) is 6.92 Å². The van der Waals surface area contributed by atoms with Crippen LogP contribution in [0.1, 0.15) is 10.6 Å². The van der Waals surface area contributed by atoms with Gasteiger partial charge in [0.15, 0.2) is 0 Å². The van der Waals surface area contributed by atoms with Gasteiger partial charge in [-0.25, -0.2) is 0 Å². The van der Waals surface area contributed by atoms with Crippen LogP contribution in [0.5, 0.6) is 5.75 Å². The van der Waals surface area contributed by atoms with E-state index in [4.69, 9.17) is 10.5 Å². The Morgan fingerprint density at radius 3 is 2.95 bits per heavy atom. The smallest absolute Gasteiger partial charge is 0.127 e. The Morgan fingerprint density at radius 2 is 2.15 bits per heavy atom. The Kier molecular flexibility index (Phi) is 3.56. The topological polar surface area (TPSA) is 48.1 Å². The van der Waals surface area contributed by atoms with Crippen molar-refractivity contribution in [3.8, 4) is 5.75 Å². The molecule has 0 bridgehead atoms. The molecule has 3 aromatic rings. The second-order valence-corrected chi connectivity index (χ2v) is 5.73. The summed E-state index contributed by atoms with van der Waals surface area (Å²) in [5.74, 6) is 0.872. The number of aromatic nitrogens is 1. The molecule has 0 spiro atoms. The van der Waals surface area contributed by atoms with E-state index in [1.54, 1.807) is 11.3 Å². The molecule has 20 heavy (non-hydrogen) atoms. The molecule has 2 aromatic heterocycles. The second-order valence-electron chi connectivity index (χ2n) is 4.70. The van der Waals surface area contributed by atoms with Crippen LogP contribution in [0.15, 0.2) is 41.9 Å². The molecule has 0 saturated heterocycles. The molecule has 1 aromatic carbocycles. The van der Waals surface area contributed by atoms with Gasteiger partial charge in [-0.2, -0.15) is 0 Å². The maximum absolute atomic E-state index is 5.99. The van der Waals surface area contributed by atoms with Crippen molar-refractivity contribution in [2.24, 2.45) is 0 Å². The largest absolute Gasteiger partial charge is 0.493 e. The quantitative estimate of drug-likeness (QED) is 0.741. The number of pyridine rings is 1. The Labute approximate surface area is 122 Å². The van der Waals surface area contributed by atoms with Crippen LogP contribution in [0.4, 0.5) is 5.69 Å². The van der Waals surface area contributed by atoms with Gasteiger partial charge in [0.2, 0.25) is 0 Å². The van der Waals surface area contributed by atoms with Gasteiger partial charge >= 0.3 is 0 Å². The van der Waals surface area contributed by atoms with Crippen molar-refractivity contribution in [1.29, 1.82) is 0 Å². The molecular weight excluding hydrogens is 268 g/mol. The number of anilines is 1. The molecule has 0 atom stereocenters. The van der Waals surface area contributed by atoms with E-state index in [0.717, 1.165) is 34.3 Å². The molecule has 0 saturated carbocycles. The van der Waals surface area contributed by atoms with Gasteiger partial charge in [-0.15, -0.1) is 11.3 Å². The summed E-state index contributed by atoms with van der Waals surface area (Å²) in [4.78, 5) is 5.63. The van der Waals surface area contributed by atoms with E-state index in [9.17, 15) is 0 Å². The number of thiophene rings is 1. The van der Waals surface area contributed by atoms with E-state index in [1.165, 1.54) is 4.88 Å². The predicted molar refractivity (Wildman–Crippen MR) is 84.4 cm³/mol. The van der Waals surface area contributed by atoms with Gasteiger partial charge < -0.3 is 10.5 Å². The summed E-state index contributed by atoms with van der Waals surface area (Å²) in [6, 6.07) is 10.0. The second kappa shape index (κ2) is 5.51. The van der Waals surface area contributed by atoms with Crippen LogP contribution in [-0.2, 0) is 6.42 Å². The molecule has 2 N–H and O–H groups in total. The monoisotopic (exact) mass is 284 g/mol. The van der Waals surface area contributed by atoms with Gasteiger partial charge in [-0.1, -0.05) is 6.07 Å². The molecule has 0 aliphatic carbocycles. The number of fused-ring (bicyclic) bond motifs is 1. The van der Waals surface area contributed by atoms with Crippen molar-refractivity contribution < 1.29 is 4.74 Å². The van der Waals surface area contributed by atoms with Crippen LogP contribution in [0.25, 0.3) is 10.8 Å². The first-order valence-electron chi connectivity index (χ1n) is 6.54. The van der Waals surface area contributed by atoms with Crippen molar-refractivity contribution in [3.05, 3.63) is 52.5 Å². The number of hydrogen-bond donors (Lipinski definition) is 1. The number of nitrogens with zero attached hydrogens (tertiary/aromatic N) is 1. The predicted octanol–water partition coefficient (Wildman–Crippen LogP) is 3.81. The number of benzene rings is 1. The Balaban J connectivity index is 1.84. The third-order valence-corrected chi connectivity index (χ3v) is 4.15. The lowest BCUT2D eigenvalue weighted by molar-refractivity contribution is 0.327. The zero-order valence-electron chi connectivity index (χ0n) is 11.3. The lowest BCUT2D eigenvalue weighted by Gasteiger charge is -2.11. The zero-order valence-corrected chi connectivity index (χ0v) is 12.1. The lowest BCUT2D eigenvalue weighted by atomic mass is 10.1. The normalized spacial score (nSPS) is 10.8. The number of hydrogen-bond acceptors (Lipinski definition) is 4. The van der Waals surface area contributed by atoms with E-state index in [1.807, 2.05) is 31.3 Å². The molecule has 0 unspecified atom stereocenters. The fourth-order valence-corrected chi connectivity index (χ4v) is 2.87. The van der Waals surface area contributed by atoms with Crippen LogP contribution < -0.4 is 10.5 Å². The van der Waals surface area contributed by atoms with Crippen LogP contribution in [-0.4, -0.2) is 11.6 Å². The van der Waals surface area contributed by atoms with Crippen molar-refractivity contribution >= 4 is 27.8 Å². The molecule has 0 amide bonds. The Bertz CT molecular complexity index is 723. The van der Waals surface area contributed by atoms with Crippen LogP contribution >= 0.6 is 11.3 Å². The average molecular weight is 284 g/mol. The first kappa shape index (κ1) is 12.9. The van der Waals surface area contributed by atoms with E-state index >= 15 is 0 Å². The first-order valence-corrected chi connectivity index (χ1v) is 7.42. The van der Waals surface area contributed by atoms with Crippen molar-refractivity contribution in [1.82, 2.24) is 4.98 Å². The SMILES string of the molecule is Cc1cc2c(OCCc3cccs3)ccc(N)c2cn1. The minimum Gasteiger partial charge on any atom is -0.493 e. The van der Waals surface area contributed by atoms with E-state index in [2.05, 4.69) is 22.5 Å². The van der Waals surface area contributed by atoms with Gasteiger partial charge in [-0.05, 0) is 36.6 Å². The third kappa shape index (κ3) is 2.60. The zero-order chi connectivity index (χ0) is 13.9. The highest BCUT2D eigenvalue weighted by Crippen LogP contribution is 2.30. The van der Waals surface area contributed by atoms with Gasteiger partial charge in [0, 0.05) is 39.6 Å². The van der Waals surface area contributed by atoms with Crippen molar-refractivity contribution in [2.75, 3.05) is 12.3 Å². The molecule has 0 aliphatic rings. The molecule has 3 nitrogen and oxygen atoms in total. The number of aryl methyl sites for hydroxylation is 1. The van der Waals surface area contributed by atoms with Gasteiger partial charge in [-0.3, -0.25) is 4.98 Å². The van der Waals surface area contributed by atoms with E-state index in [0.29, 0.717) is 6.61 Å². The summed E-state index contributed by atoms with van der Waals surface area (Å²) in [6.07, 6.45) is 2.74. The molecule has 0 aliphatic heterocycles. The molecule has 2 heterocycles. The minimum absolute atomic E-state index is 0.668. The number of nitrogens with two attached hydrogens (primary N) is 1. The molecular formula is C16H16N2OS. The first-order chi connectivity index (χ1) is 9.74. The van der Waals surface area contributed by atoms with Crippen molar-refractivity contribution in [3.63, 3.8) is 0 Å². The molecule has 3 rings (SSSR count). The maximum atomic E-state index is 5.99. The standard InChI is InChI=1S/C16H16N2OS/c1-11-9-13-14(10-18-11)15(17)4-5-16(13)19-7-6-12-3-2-8-20-12/h2-5,8-10H,6-7,17H2,1H3. The van der Waals surface area contributed by atoms with Gasteiger partial charge in [0.1, 0.15) is 5.75 Å². The molecule has 0 fully saturated rings. The Hall–Kier alpha value is -2.07. The number of ether oxygens (including phenoxy) is 1. The van der Waals surface area contributed by atoms with E-state index < -0.39 is 0 Å². The van der Waals surface area contributed by atoms with E-state index in [-0.39, 0.29) is 0 Å². The minimum atomic E-state index is 0.668. The fourth-order valence-electron chi connectivity index (χ4n) is 2.18. The molecule has 0 radical (unpaired) electrons. The number of nitrogen functional groups attached to an aromatic ring is 1. The lowest BCUT2D eigenvalue weighted by Crippen LogP contribution is -2.01. The highest BCUT2D eigenvalue weighted by molar-refractivity contribution is 7.09. The highest BCUT2D eigenvalue weighted by atomic mass is 32.1. The summed E-state index contributed by atoms with van der Waals surface area (Å²) < 4.78 is 5.93. The average Bonchev–Trinajstić information content (AvgIpc) is 2.94. The fraction of sp³-hybridized carbons (Fsp3) is 0.188. The van der Waals surface area contributed by atoms with Gasteiger partial charge in [0.05, 0.1) is 6.61 Å². The maximum Gasteiger partial charge on any atom is 0.127 e. The summed E-state index contributed by atoms with van der Waals surface area (Å²) in [5.41, 5.74) is 7.69. The molecule has 102 valence electrons. The summed E-state index contributed by atoms with van der Waals surface area (Å²) in [5, 5.41) is 4.07. The Morgan fingerprint density at radius 1 is 1.25 bits per heavy atom. The summed E-state index contributed by atoms with van der Waals surface area (Å²) in [6.45, 7) is 2.64. The molecule has 4 heteroatoms.